The number of sulfonamides is 1. The number of ether oxygens (including phenoxy) is 2. The van der Waals surface area contributed by atoms with Crippen molar-refractivity contribution in [3.63, 3.8) is 0 Å². The molecule has 9 nitrogen and oxygen atoms in total. The largest absolute Gasteiger partial charge is 0.475 e. The Morgan fingerprint density at radius 3 is 2.30 bits per heavy atom. The van der Waals surface area contributed by atoms with Crippen LogP contribution in [0.1, 0.15) is 46.2 Å². The summed E-state index contributed by atoms with van der Waals surface area (Å²) in [5, 5.41) is 0. The number of nitrogens with one attached hydrogen (secondary N) is 1. The molecule has 3 rings (SSSR count). The van der Waals surface area contributed by atoms with Gasteiger partial charge < -0.3 is 14.4 Å². The molecule has 0 spiro atoms. The number of hydrogen-bond acceptors (Lipinski definition) is 7. The maximum Gasteiger partial charge on any atom is 0.410 e. The zero-order chi connectivity index (χ0) is 27.4. The summed E-state index contributed by atoms with van der Waals surface area (Å²) in [4.78, 5) is 19.9. The van der Waals surface area contributed by atoms with Crippen LogP contribution in [-0.2, 0) is 14.8 Å². The van der Waals surface area contributed by atoms with Crippen molar-refractivity contribution in [3.05, 3.63) is 53.7 Å². The summed E-state index contributed by atoms with van der Waals surface area (Å²) < 4.78 is 67.5. The average Bonchev–Trinajstić information content (AvgIpc) is 2.79. The van der Waals surface area contributed by atoms with Gasteiger partial charge in [-0.05, 0) is 58.4 Å². The molecule has 0 bridgehead atoms. The van der Waals surface area contributed by atoms with Gasteiger partial charge in [0, 0.05) is 38.8 Å². The van der Waals surface area contributed by atoms with E-state index in [9.17, 15) is 22.0 Å². The third-order valence-electron chi connectivity index (χ3n) is 5.48. The van der Waals surface area contributed by atoms with Gasteiger partial charge in [0.2, 0.25) is 15.9 Å². The molecule has 1 aliphatic rings. The van der Waals surface area contributed by atoms with E-state index in [1.165, 1.54) is 24.4 Å². The molecule has 1 unspecified atom stereocenters. The van der Waals surface area contributed by atoms with Crippen molar-refractivity contribution in [2.24, 2.45) is 0 Å². The van der Waals surface area contributed by atoms with Crippen LogP contribution in [0.5, 0.6) is 5.88 Å². The molecular weight excluding hydrogens is 506 g/mol. The van der Waals surface area contributed by atoms with E-state index in [0.29, 0.717) is 26.2 Å². The highest BCUT2D eigenvalue weighted by Crippen LogP contribution is 2.23. The quantitative estimate of drug-likeness (QED) is 0.545. The number of pyridine rings is 1. The molecule has 2 heterocycles. The minimum Gasteiger partial charge on any atom is -0.475 e. The fraction of sp³-hybridized carbons (Fsp3) is 0.520. The lowest BCUT2D eigenvalue weighted by atomic mass is 10.1. The molecule has 204 valence electrons. The monoisotopic (exact) mass is 540 g/mol. The minimum atomic E-state index is -4.07. The summed E-state index contributed by atoms with van der Waals surface area (Å²) in [5.74, 6) is -1.82. The van der Waals surface area contributed by atoms with Gasteiger partial charge in [0.1, 0.15) is 10.5 Å². The Morgan fingerprint density at radius 1 is 1.08 bits per heavy atom. The van der Waals surface area contributed by atoms with E-state index < -0.39 is 39.4 Å². The van der Waals surface area contributed by atoms with E-state index in [-0.39, 0.29) is 29.0 Å². The second-order valence-corrected chi connectivity index (χ2v) is 11.8. The Bertz CT molecular complexity index is 1180. The molecule has 12 heteroatoms. The molecule has 1 aliphatic heterocycles. The summed E-state index contributed by atoms with van der Waals surface area (Å²) in [6.45, 7) is 10.9. The van der Waals surface area contributed by atoms with Gasteiger partial charge in [-0.1, -0.05) is 6.07 Å². The molecule has 1 atom stereocenters. The van der Waals surface area contributed by atoms with Gasteiger partial charge in [0.25, 0.3) is 0 Å². The van der Waals surface area contributed by atoms with Gasteiger partial charge >= 0.3 is 6.09 Å². The van der Waals surface area contributed by atoms with Crippen LogP contribution in [0.15, 0.2) is 41.4 Å². The molecule has 1 fully saturated rings. The van der Waals surface area contributed by atoms with Crippen molar-refractivity contribution in [1.82, 2.24) is 19.5 Å². The molecule has 0 aliphatic carbocycles. The number of piperazine rings is 1. The second kappa shape index (κ2) is 11.7. The summed E-state index contributed by atoms with van der Waals surface area (Å²) in [6, 6.07) is 5.23. The van der Waals surface area contributed by atoms with Gasteiger partial charge in [-0.2, -0.15) is 0 Å². The van der Waals surface area contributed by atoms with Crippen molar-refractivity contribution in [2.75, 3.05) is 32.7 Å². The fourth-order valence-corrected chi connectivity index (χ4v) is 4.89. The summed E-state index contributed by atoms with van der Waals surface area (Å²) in [7, 11) is -4.07. The van der Waals surface area contributed by atoms with E-state index >= 15 is 0 Å². The summed E-state index contributed by atoms with van der Waals surface area (Å²) in [5.41, 5.74) is -0.345. The highest BCUT2D eigenvalue weighted by atomic mass is 32.2. The summed E-state index contributed by atoms with van der Waals surface area (Å²) in [6.07, 6.45) is 0.645. The molecule has 0 radical (unpaired) electrons. The van der Waals surface area contributed by atoms with Crippen molar-refractivity contribution < 1.29 is 31.5 Å². The number of amides is 1. The highest BCUT2D eigenvalue weighted by molar-refractivity contribution is 7.89. The molecular formula is C25H34F2N4O5S. The van der Waals surface area contributed by atoms with Gasteiger partial charge in [0.15, 0.2) is 11.6 Å². The first kappa shape index (κ1) is 28.7. The third kappa shape index (κ3) is 8.34. The Balaban J connectivity index is 1.75. The zero-order valence-corrected chi connectivity index (χ0v) is 22.5. The van der Waals surface area contributed by atoms with Crippen LogP contribution >= 0.6 is 0 Å². The molecule has 37 heavy (non-hydrogen) atoms. The Labute approximate surface area is 216 Å². The number of halogens is 2. The number of aromatic nitrogens is 1. The first-order valence-electron chi connectivity index (χ1n) is 12.0. The Hall–Kier alpha value is -2.83. The molecule has 1 N–H and O–H groups in total. The molecule has 1 aromatic heterocycles. The third-order valence-corrected chi connectivity index (χ3v) is 6.94. The Kier molecular flexibility index (Phi) is 9.09. The van der Waals surface area contributed by atoms with Gasteiger partial charge in [-0.15, -0.1) is 0 Å². The van der Waals surface area contributed by atoms with E-state index in [1.807, 2.05) is 18.7 Å². The van der Waals surface area contributed by atoms with E-state index in [4.69, 9.17) is 9.47 Å². The molecule has 1 aromatic carbocycles. The number of rotatable bonds is 8. The number of hydrogen-bond donors (Lipinski definition) is 1. The topological polar surface area (TPSA) is 101 Å². The number of carbonyl (C=O) groups is 1. The van der Waals surface area contributed by atoms with E-state index in [2.05, 4.69) is 9.71 Å². The minimum absolute atomic E-state index is 0.0917. The van der Waals surface area contributed by atoms with Crippen LogP contribution in [-0.4, -0.2) is 73.7 Å². The van der Waals surface area contributed by atoms with Crippen LogP contribution < -0.4 is 9.46 Å². The lowest BCUT2D eigenvalue weighted by Crippen LogP contribution is -2.51. The maximum absolute atomic E-state index is 14.1. The maximum atomic E-state index is 14.1. The first-order chi connectivity index (χ1) is 17.2. The second-order valence-electron chi connectivity index (χ2n) is 10.1. The van der Waals surface area contributed by atoms with Crippen molar-refractivity contribution in [2.45, 2.75) is 57.3 Å². The molecule has 0 saturated carbocycles. The van der Waals surface area contributed by atoms with Crippen molar-refractivity contribution >= 4 is 16.1 Å². The smallest absolute Gasteiger partial charge is 0.410 e. The normalized spacial score (nSPS) is 16.1. The highest BCUT2D eigenvalue weighted by Gasteiger charge is 2.29. The predicted octanol–water partition coefficient (Wildman–Crippen LogP) is 3.72. The number of nitrogens with zero attached hydrogens (tertiary/aromatic N) is 3. The van der Waals surface area contributed by atoms with E-state index in [0.717, 1.165) is 12.1 Å². The van der Waals surface area contributed by atoms with E-state index in [1.54, 1.807) is 25.7 Å². The van der Waals surface area contributed by atoms with Crippen molar-refractivity contribution in [1.29, 1.82) is 0 Å². The van der Waals surface area contributed by atoms with Crippen LogP contribution in [0, 0.1) is 11.6 Å². The number of carbonyl (C=O) groups excluding carboxylic acids is 1. The van der Waals surface area contributed by atoms with Crippen LogP contribution in [0.4, 0.5) is 13.6 Å². The lowest BCUT2D eigenvalue weighted by Gasteiger charge is -2.37. The van der Waals surface area contributed by atoms with Crippen LogP contribution in [0.2, 0.25) is 0 Å². The van der Waals surface area contributed by atoms with Crippen LogP contribution in [0.3, 0.4) is 0 Å². The molecule has 2 aromatic rings. The van der Waals surface area contributed by atoms with Crippen LogP contribution in [0.25, 0.3) is 0 Å². The Morgan fingerprint density at radius 2 is 1.76 bits per heavy atom. The SMILES string of the molecule is CC(C)Oc1ccc(S(=O)(=O)NC(CN2CCN(C(=O)OC(C)(C)C)CC2)c2ccc(F)c(F)c2)cn1. The summed E-state index contributed by atoms with van der Waals surface area (Å²) >= 11 is 0. The van der Waals surface area contributed by atoms with Gasteiger partial charge in [-0.25, -0.2) is 31.7 Å². The predicted molar refractivity (Wildman–Crippen MR) is 134 cm³/mol. The van der Waals surface area contributed by atoms with Crippen molar-refractivity contribution in [3.8, 4) is 5.88 Å². The van der Waals surface area contributed by atoms with Gasteiger partial charge in [0.05, 0.1) is 18.3 Å². The zero-order valence-electron chi connectivity index (χ0n) is 21.7. The first-order valence-corrected chi connectivity index (χ1v) is 13.5. The standard InChI is InChI=1S/C25H34F2N4O5S/c1-17(2)35-23-9-7-19(15-28-23)37(33,34)29-22(18-6-8-20(26)21(27)14-18)16-30-10-12-31(13-11-30)24(32)36-25(3,4)5/h6-9,14-15,17,22,29H,10-13,16H2,1-5H3. The fourth-order valence-electron chi connectivity index (χ4n) is 3.73. The average molecular weight is 541 g/mol. The number of benzene rings is 1. The lowest BCUT2D eigenvalue weighted by molar-refractivity contribution is 0.0140. The van der Waals surface area contributed by atoms with Gasteiger partial charge in [-0.3, -0.25) is 4.90 Å². The molecule has 1 saturated heterocycles. The molecule has 1 amide bonds.